The predicted octanol–water partition coefficient (Wildman–Crippen LogP) is 4.95. The van der Waals surface area contributed by atoms with Crippen LogP contribution in [0.4, 0.5) is 0 Å². The lowest BCUT2D eigenvalue weighted by atomic mass is 9.85. The molecule has 0 aliphatic carbocycles. The number of allylic oxidation sites excluding steroid dienone is 5. The van der Waals surface area contributed by atoms with Crippen molar-refractivity contribution in [2.24, 2.45) is 11.8 Å². The lowest BCUT2D eigenvalue weighted by Crippen LogP contribution is -2.07. The van der Waals surface area contributed by atoms with Crippen LogP contribution in [0.1, 0.15) is 40.5 Å². The molecule has 0 aromatic rings. The Morgan fingerprint density at radius 1 is 1.20 bits per heavy atom. The summed E-state index contributed by atoms with van der Waals surface area (Å²) in [5.74, 6) is 1.22. The van der Waals surface area contributed by atoms with Crippen LogP contribution in [0.15, 0.2) is 36.0 Å². The monoisotopic (exact) mass is 205 g/mol. The van der Waals surface area contributed by atoms with Gasteiger partial charge in [-0.25, -0.2) is 0 Å². The van der Waals surface area contributed by atoms with Crippen molar-refractivity contribution in [3.8, 4) is 0 Å². The zero-order chi connectivity index (χ0) is 11.8. The zero-order valence-electron chi connectivity index (χ0n) is 10.7. The summed E-state index contributed by atoms with van der Waals surface area (Å²) in [7, 11) is 0. The van der Waals surface area contributed by atoms with Gasteiger partial charge in [-0.3, -0.25) is 0 Å². The molecule has 0 nitrogen and oxygen atoms in total. The van der Waals surface area contributed by atoms with Gasteiger partial charge >= 0.3 is 0 Å². The minimum absolute atomic E-state index is 0.612. The van der Waals surface area contributed by atoms with E-state index < -0.39 is 0 Å². The summed E-state index contributed by atoms with van der Waals surface area (Å²) in [5, 5.41) is 0. The van der Waals surface area contributed by atoms with Gasteiger partial charge in [-0.15, -0.1) is 6.58 Å². The third-order valence-electron chi connectivity index (χ3n) is 2.81. The smallest absolute Gasteiger partial charge is 0.0194 e. The number of rotatable bonds is 6. The molecule has 15 heavy (non-hydrogen) atoms. The highest BCUT2D eigenvalue weighted by Gasteiger charge is 2.12. The third-order valence-corrected chi connectivity index (χ3v) is 2.81. The van der Waals surface area contributed by atoms with Gasteiger partial charge in [0, 0.05) is 0 Å². The van der Waals surface area contributed by atoms with Crippen molar-refractivity contribution in [3.05, 3.63) is 42.9 Å². The van der Waals surface area contributed by atoms with Crippen LogP contribution in [0.2, 0.25) is 0 Å². The quantitative estimate of drug-likeness (QED) is 0.538. The van der Waals surface area contributed by atoms with Crippen LogP contribution in [-0.2, 0) is 0 Å². The number of hydrogen-bond donors (Lipinski definition) is 0. The fraction of sp³-hybridized carbons (Fsp3) is 0.533. The topological polar surface area (TPSA) is 0 Å². The van der Waals surface area contributed by atoms with Crippen LogP contribution < -0.4 is 0 Å². The van der Waals surface area contributed by atoms with Gasteiger partial charge in [-0.2, -0.15) is 0 Å². The normalized spacial score (nSPS) is 17.4. The van der Waals surface area contributed by atoms with E-state index >= 15 is 0 Å². The molecule has 0 aromatic heterocycles. The first-order valence-corrected chi connectivity index (χ1v) is 5.78. The summed E-state index contributed by atoms with van der Waals surface area (Å²) in [6.45, 7) is 16.4. The van der Waals surface area contributed by atoms with Crippen LogP contribution in [-0.4, -0.2) is 0 Å². The van der Waals surface area contributed by atoms with E-state index in [1.54, 1.807) is 0 Å². The highest BCUT2D eigenvalue weighted by atomic mass is 14.2. The van der Waals surface area contributed by atoms with Gasteiger partial charge in [-0.1, -0.05) is 43.2 Å². The molecule has 1 radical (unpaired) electrons. The van der Waals surface area contributed by atoms with Gasteiger partial charge in [0.15, 0.2) is 0 Å². The Bertz CT molecular complexity index is 239. The molecule has 0 aliphatic heterocycles. The molecule has 0 aliphatic rings. The van der Waals surface area contributed by atoms with E-state index in [2.05, 4.69) is 53.3 Å². The summed E-state index contributed by atoms with van der Waals surface area (Å²) in [6.07, 6.45) is 8.64. The molecule has 0 saturated heterocycles. The van der Waals surface area contributed by atoms with Crippen molar-refractivity contribution in [1.29, 1.82) is 0 Å². The Morgan fingerprint density at radius 2 is 1.73 bits per heavy atom. The molecular formula is C15H25. The Kier molecular flexibility index (Phi) is 7.11. The zero-order valence-corrected chi connectivity index (χ0v) is 10.7. The van der Waals surface area contributed by atoms with Crippen molar-refractivity contribution in [2.75, 3.05) is 0 Å². The van der Waals surface area contributed by atoms with Crippen LogP contribution in [0, 0.1) is 18.8 Å². The van der Waals surface area contributed by atoms with Crippen LogP contribution in [0.25, 0.3) is 0 Å². The van der Waals surface area contributed by atoms with Crippen molar-refractivity contribution < 1.29 is 0 Å². The Labute approximate surface area is 95.8 Å². The minimum atomic E-state index is 0.612. The summed E-state index contributed by atoms with van der Waals surface area (Å²) in [6, 6.07) is 0. The van der Waals surface area contributed by atoms with Crippen LogP contribution in [0.5, 0.6) is 0 Å². The second-order valence-electron chi connectivity index (χ2n) is 4.40. The largest absolute Gasteiger partial charge is 0.103 e. The van der Waals surface area contributed by atoms with Gasteiger partial charge in [-0.05, 0) is 45.4 Å². The molecule has 0 N–H and O–H groups in total. The molecule has 0 rings (SSSR count). The van der Waals surface area contributed by atoms with E-state index in [9.17, 15) is 0 Å². The maximum atomic E-state index is 3.90. The van der Waals surface area contributed by atoms with E-state index in [1.807, 2.05) is 6.08 Å². The SMILES string of the molecule is [CH2]C(C)=CCC(C)C(=CC)C(C)CC=C. The molecule has 2 unspecified atom stereocenters. The van der Waals surface area contributed by atoms with Gasteiger partial charge in [0.1, 0.15) is 0 Å². The first kappa shape index (κ1) is 14.2. The lowest BCUT2D eigenvalue weighted by molar-refractivity contribution is 0.560. The second-order valence-corrected chi connectivity index (χ2v) is 4.40. The van der Waals surface area contributed by atoms with Gasteiger partial charge in [0.25, 0.3) is 0 Å². The highest BCUT2D eigenvalue weighted by molar-refractivity contribution is 5.12. The third kappa shape index (κ3) is 5.61. The summed E-state index contributed by atoms with van der Waals surface area (Å²) in [4.78, 5) is 0. The molecule has 0 heteroatoms. The molecule has 0 saturated carbocycles. The minimum Gasteiger partial charge on any atom is -0.103 e. The average Bonchev–Trinajstić information content (AvgIpc) is 2.16. The molecule has 0 fully saturated rings. The maximum absolute atomic E-state index is 3.90. The van der Waals surface area contributed by atoms with Gasteiger partial charge in [0.2, 0.25) is 0 Å². The van der Waals surface area contributed by atoms with Gasteiger partial charge < -0.3 is 0 Å². The summed E-state index contributed by atoms with van der Waals surface area (Å²) >= 11 is 0. The van der Waals surface area contributed by atoms with Gasteiger partial charge in [0.05, 0.1) is 0 Å². The van der Waals surface area contributed by atoms with Crippen molar-refractivity contribution in [1.82, 2.24) is 0 Å². The Morgan fingerprint density at radius 3 is 2.13 bits per heavy atom. The lowest BCUT2D eigenvalue weighted by Gasteiger charge is -2.20. The van der Waals surface area contributed by atoms with E-state index in [-0.39, 0.29) is 0 Å². The van der Waals surface area contributed by atoms with E-state index in [0.29, 0.717) is 11.8 Å². The van der Waals surface area contributed by atoms with E-state index in [1.165, 1.54) is 5.57 Å². The second kappa shape index (κ2) is 7.50. The standard InChI is InChI=1S/C15H25/c1-7-9-13(5)15(8-2)14(6)11-10-12(3)4/h7-8,10,13-14H,1,3,9,11H2,2,4-6H3. The van der Waals surface area contributed by atoms with Crippen molar-refractivity contribution in [2.45, 2.75) is 40.5 Å². The maximum Gasteiger partial charge on any atom is -0.0194 e. The fourth-order valence-electron chi connectivity index (χ4n) is 1.95. The predicted molar refractivity (Wildman–Crippen MR) is 70.6 cm³/mol. The highest BCUT2D eigenvalue weighted by Crippen LogP contribution is 2.26. The molecule has 0 bridgehead atoms. The number of hydrogen-bond acceptors (Lipinski definition) is 0. The Balaban J connectivity index is 4.41. The molecule has 0 heterocycles. The molecule has 0 spiro atoms. The molecule has 85 valence electrons. The average molecular weight is 205 g/mol. The molecule has 0 aromatic carbocycles. The summed E-state index contributed by atoms with van der Waals surface area (Å²) < 4.78 is 0. The Hall–Kier alpha value is -0.780. The molecular weight excluding hydrogens is 180 g/mol. The fourth-order valence-corrected chi connectivity index (χ4v) is 1.95. The van der Waals surface area contributed by atoms with E-state index in [0.717, 1.165) is 18.4 Å². The molecule has 0 amide bonds. The molecule has 2 atom stereocenters. The summed E-state index contributed by atoms with van der Waals surface area (Å²) in [5.41, 5.74) is 2.70. The van der Waals surface area contributed by atoms with Crippen molar-refractivity contribution >= 4 is 0 Å². The van der Waals surface area contributed by atoms with E-state index in [4.69, 9.17) is 0 Å². The van der Waals surface area contributed by atoms with Crippen LogP contribution in [0.3, 0.4) is 0 Å². The first-order valence-electron chi connectivity index (χ1n) is 5.78. The van der Waals surface area contributed by atoms with Crippen LogP contribution >= 0.6 is 0 Å². The van der Waals surface area contributed by atoms with Crippen molar-refractivity contribution in [3.63, 3.8) is 0 Å². The first-order chi connectivity index (χ1) is 7.02.